The zero-order valence-electron chi connectivity index (χ0n) is 15.9. The summed E-state index contributed by atoms with van der Waals surface area (Å²) in [4.78, 5) is 12.2. The third-order valence-electron chi connectivity index (χ3n) is 3.63. The number of thioether (sulfide) groups is 1. The summed E-state index contributed by atoms with van der Waals surface area (Å²) in [7, 11) is 4.63. The van der Waals surface area contributed by atoms with Gasteiger partial charge in [-0.25, -0.2) is 0 Å². The van der Waals surface area contributed by atoms with E-state index < -0.39 is 0 Å². The molecule has 0 saturated carbocycles. The second-order valence-corrected chi connectivity index (χ2v) is 8.15. The highest BCUT2D eigenvalue weighted by atomic mass is 32.2. The number of nitrogens with one attached hydrogen (secondary N) is 1. The van der Waals surface area contributed by atoms with Crippen LogP contribution in [0.4, 0.5) is 5.13 Å². The Balaban J connectivity index is 2.06. The van der Waals surface area contributed by atoms with Gasteiger partial charge in [-0.15, -0.1) is 10.2 Å². The van der Waals surface area contributed by atoms with E-state index in [0.29, 0.717) is 27.6 Å². The number of carbonyl (C=O) groups is 1. The second-order valence-electron chi connectivity index (χ2n) is 5.49. The number of aromatic nitrogens is 2. The molecule has 2 rings (SSSR count). The van der Waals surface area contributed by atoms with Crippen molar-refractivity contribution in [1.82, 2.24) is 10.2 Å². The second kappa shape index (κ2) is 10.2. The number of ether oxygens (including phenoxy) is 3. The molecule has 27 heavy (non-hydrogen) atoms. The lowest BCUT2D eigenvalue weighted by Crippen LogP contribution is -2.07. The average Bonchev–Trinajstić information content (AvgIpc) is 3.11. The molecule has 0 aliphatic heterocycles. The summed E-state index contributed by atoms with van der Waals surface area (Å²) in [5.41, 5.74) is 0.741. The van der Waals surface area contributed by atoms with E-state index in [0.717, 1.165) is 16.3 Å². The molecule has 1 N–H and O–H groups in total. The number of carbonyl (C=O) groups excluding carboxylic acids is 1. The molecular formula is C18H23N3O4S2. The lowest BCUT2D eigenvalue weighted by atomic mass is 10.1. The molecule has 1 amide bonds. The van der Waals surface area contributed by atoms with Gasteiger partial charge < -0.3 is 14.2 Å². The third kappa shape index (κ3) is 5.86. The van der Waals surface area contributed by atoms with Gasteiger partial charge in [-0.2, -0.15) is 0 Å². The smallest absolute Gasteiger partial charge is 0.250 e. The number of nitrogens with zero attached hydrogens (tertiary/aromatic N) is 2. The maximum absolute atomic E-state index is 12.2. The topological polar surface area (TPSA) is 82.6 Å². The quantitative estimate of drug-likeness (QED) is 0.379. The molecule has 0 saturated heterocycles. The molecule has 1 atom stereocenters. The largest absolute Gasteiger partial charge is 0.493 e. The average molecular weight is 410 g/mol. The Morgan fingerprint density at radius 2 is 1.89 bits per heavy atom. The van der Waals surface area contributed by atoms with Crippen molar-refractivity contribution >= 4 is 40.2 Å². The van der Waals surface area contributed by atoms with Gasteiger partial charge in [0.05, 0.1) is 21.3 Å². The van der Waals surface area contributed by atoms with Crippen molar-refractivity contribution in [3.8, 4) is 17.2 Å². The van der Waals surface area contributed by atoms with Gasteiger partial charge in [0, 0.05) is 11.3 Å². The molecule has 146 valence electrons. The predicted molar refractivity (Wildman–Crippen MR) is 109 cm³/mol. The molecule has 1 heterocycles. The van der Waals surface area contributed by atoms with Crippen LogP contribution in [0.15, 0.2) is 22.5 Å². The molecule has 0 aliphatic carbocycles. The fourth-order valence-corrected chi connectivity index (χ4v) is 4.08. The molecular weight excluding hydrogens is 386 g/mol. The van der Waals surface area contributed by atoms with Crippen LogP contribution < -0.4 is 19.5 Å². The number of rotatable bonds is 9. The molecule has 0 bridgehead atoms. The number of hydrogen-bond acceptors (Lipinski definition) is 8. The monoisotopic (exact) mass is 409 g/mol. The first-order valence-corrected chi connectivity index (χ1v) is 9.99. The van der Waals surface area contributed by atoms with Crippen molar-refractivity contribution < 1.29 is 19.0 Å². The van der Waals surface area contributed by atoms with E-state index in [1.165, 1.54) is 17.4 Å². The van der Waals surface area contributed by atoms with Crippen LogP contribution in [0, 0.1) is 0 Å². The first kappa shape index (κ1) is 21.0. The molecule has 1 aromatic heterocycles. The van der Waals surface area contributed by atoms with E-state index in [2.05, 4.69) is 29.4 Å². The minimum Gasteiger partial charge on any atom is -0.493 e. The zero-order valence-corrected chi connectivity index (χ0v) is 17.6. The number of methoxy groups -OCH3 is 3. The first-order chi connectivity index (χ1) is 13.0. The Hall–Kier alpha value is -2.26. The third-order valence-corrected chi connectivity index (χ3v) is 5.82. The van der Waals surface area contributed by atoms with E-state index >= 15 is 0 Å². The molecule has 1 aromatic carbocycles. The Bertz CT molecular complexity index is 783. The Morgan fingerprint density at radius 1 is 1.22 bits per heavy atom. The normalized spacial score (nSPS) is 12.0. The number of benzene rings is 1. The minimum atomic E-state index is -0.292. The highest BCUT2D eigenvalue weighted by molar-refractivity contribution is 8.01. The van der Waals surface area contributed by atoms with Crippen molar-refractivity contribution in [2.24, 2.45) is 0 Å². The van der Waals surface area contributed by atoms with Crippen LogP contribution in [-0.2, 0) is 4.79 Å². The highest BCUT2D eigenvalue weighted by Crippen LogP contribution is 2.38. The van der Waals surface area contributed by atoms with E-state index in [1.54, 1.807) is 51.3 Å². The van der Waals surface area contributed by atoms with E-state index in [4.69, 9.17) is 14.2 Å². The highest BCUT2D eigenvalue weighted by Gasteiger charge is 2.13. The van der Waals surface area contributed by atoms with Crippen molar-refractivity contribution in [2.75, 3.05) is 26.6 Å². The lowest BCUT2D eigenvalue weighted by Gasteiger charge is -2.12. The Kier molecular flexibility index (Phi) is 7.93. The fraction of sp³-hybridized carbons (Fsp3) is 0.389. The summed E-state index contributed by atoms with van der Waals surface area (Å²) < 4.78 is 16.7. The van der Waals surface area contributed by atoms with Gasteiger partial charge in [-0.1, -0.05) is 36.9 Å². The van der Waals surface area contributed by atoms with Gasteiger partial charge in [-0.05, 0) is 30.2 Å². The van der Waals surface area contributed by atoms with Gasteiger partial charge in [0.25, 0.3) is 0 Å². The van der Waals surface area contributed by atoms with Gasteiger partial charge in [0.15, 0.2) is 15.8 Å². The van der Waals surface area contributed by atoms with Gasteiger partial charge >= 0.3 is 0 Å². The summed E-state index contributed by atoms with van der Waals surface area (Å²) in [5, 5.41) is 11.7. The molecule has 0 fully saturated rings. The Labute approximate surface area is 167 Å². The van der Waals surface area contributed by atoms with Crippen LogP contribution in [-0.4, -0.2) is 42.7 Å². The molecule has 0 spiro atoms. The van der Waals surface area contributed by atoms with E-state index in [1.807, 2.05) is 0 Å². The van der Waals surface area contributed by atoms with Crippen LogP contribution in [0.3, 0.4) is 0 Å². The SMILES string of the molecule is CCC(C)Sc1nnc(NC(=O)/C=C/c2cc(OC)c(OC)c(OC)c2)s1. The maximum atomic E-state index is 12.2. The van der Waals surface area contributed by atoms with Crippen molar-refractivity contribution in [2.45, 2.75) is 29.9 Å². The van der Waals surface area contributed by atoms with Crippen LogP contribution in [0.5, 0.6) is 17.2 Å². The molecule has 2 aromatic rings. The number of anilines is 1. The maximum Gasteiger partial charge on any atom is 0.250 e. The summed E-state index contributed by atoms with van der Waals surface area (Å²) in [6.07, 6.45) is 4.13. The fourth-order valence-electron chi connectivity index (χ4n) is 2.08. The van der Waals surface area contributed by atoms with Crippen molar-refractivity contribution in [3.05, 3.63) is 23.8 Å². The molecule has 0 aliphatic rings. The minimum absolute atomic E-state index is 0.292. The molecule has 1 unspecified atom stereocenters. The summed E-state index contributed by atoms with van der Waals surface area (Å²) >= 11 is 3.01. The van der Waals surface area contributed by atoms with E-state index in [9.17, 15) is 4.79 Å². The van der Waals surface area contributed by atoms with Gasteiger partial charge in [0.2, 0.25) is 16.8 Å². The van der Waals surface area contributed by atoms with Crippen molar-refractivity contribution in [3.63, 3.8) is 0 Å². The number of amides is 1. The first-order valence-electron chi connectivity index (χ1n) is 8.29. The molecule has 7 nitrogen and oxygen atoms in total. The molecule has 9 heteroatoms. The summed E-state index contributed by atoms with van der Waals surface area (Å²) in [6, 6.07) is 3.52. The standard InChI is InChI=1S/C18H23N3O4S2/c1-6-11(2)26-18-21-20-17(27-18)19-15(22)8-7-12-9-13(23-3)16(25-5)14(10-12)24-4/h7-11H,6H2,1-5H3,(H,19,20,22)/b8-7+. The Morgan fingerprint density at radius 3 is 2.44 bits per heavy atom. The summed E-state index contributed by atoms with van der Waals surface area (Å²) in [6.45, 7) is 4.25. The van der Waals surface area contributed by atoms with Crippen LogP contribution in [0.25, 0.3) is 6.08 Å². The lowest BCUT2D eigenvalue weighted by molar-refractivity contribution is -0.111. The van der Waals surface area contributed by atoms with Gasteiger partial charge in [0.1, 0.15) is 0 Å². The van der Waals surface area contributed by atoms with E-state index in [-0.39, 0.29) is 5.91 Å². The van der Waals surface area contributed by atoms with Crippen molar-refractivity contribution in [1.29, 1.82) is 0 Å². The molecule has 0 radical (unpaired) electrons. The van der Waals surface area contributed by atoms with Crippen LogP contribution >= 0.6 is 23.1 Å². The zero-order chi connectivity index (χ0) is 19.8. The van der Waals surface area contributed by atoms with Crippen LogP contribution in [0.2, 0.25) is 0 Å². The number of hydrogen-bond donors (Lipinski definition) is 1. The van der Waals surface area contributed by atoms with Gasteiger partial charge in [-0.3, -0.25) is 10.1 Å². The summed E-state index contributed by atoms with van der Waals surface area (Å²) in [5.74, 6) is 1.25. The van der Waals surface area contributed by atoms with Crippen LogP contribution in [0.1, 0.15) is 25.8 Å². The predicted octanol–water partition coefficient (Wildman–Crippen LogP) is 4.11.